The molecule has 1 aliphatic rings. The number of hydrogen-bond donors (Lipinski definition) is 2. The summed E-state index contributed by atoms with van der Waals surface area (Å²) in [4.78, 5) is 12.0. The Balaban J connectivity index is 1.56. The van der Waals surface area contributed by atoms with E-state index in [-0.39, 0.29) is 5.91 Å². The summed E-state index contributed by atoms with van der Waals surface area (Å²) in [5.74, 6) is 1.10. The van der Waals surface area contributed by atoms with E-state index in [1.807, 2.05) is 12.1 Å². The normalized spacial score (nSPS) is 21.0. The number of piperidine rings is 1. The van der Waals surface area contributed by atoms with Crippen molar-refractivity contribution in [1.82, 2.24) is 10.6 Å². The zero-order chi connectivity index (χ0) is 16.5. The van der Waals surface area contributed by atoms with E-state index in [1.165, 1.54) is 5.56 Å². The second kappa shape index (κ2) is 9.56. The van der Waals surface area contributed by atoms with Crippen LogP contribution in [0.3, 0.4) is 0 Å². The summed E-state index contributed by atoms with van der Waals surface area (Å²) < 4.78 is 5.16. The molecular weight excluding hydrogens is 288 g/mol. The number of aryl methyl sites for hydroxylation is 1. The number of unbranched alkanes of at least 4 members (excludes halogenated alkanes) is 2. The van der Waals surface area contributed by atoms with Crippen LogP contribution in [-0.4, -0.2) is 31.6 Å². The Kier molecular flexibility index (Phi) is 7.40. The minimum atomic E-state index is 0.204. The fourth-order valence-electron chi connectivity index (χ4n) is 3.10. The van der Waals surface area contributed by atoms with Gasteiger partial charge in [-0.05, 0) is 63.3 Å². The molecule has 1 aromatic rings. The van der Waals surface area contributed by atoms with Crippen LogP contribution in [0.25, 0.3) is 0 Å². The highest BCUT2D eigenvalue weighted by atomic mass is 16.5. The van der Waals surface area contributed by atoms with Crippen LogP contribution < -0.4 is 15.4 Å². The molecule has 2 rings (SSSR count). The van der Waals surface area contributed by atoms with Gasteiger partial charge in [-0.1, -0.05) is 18.6 Å². The Morgan fingerprint density at radius 1 is 1.26 bits per heavy atom. The molecule has 1 fully saturated rings. The fourth-order valence-corrected chi connectivity index (χ4v) is 3.10. The standard InChI is InChI=1S/C19H30N2O2/c1-15-18(8-6-14-20-15)21-19(22)9-5-3-4-7-16-10-12-17(23-2)13-11-16/h10-13,15,18,20H,3-9,14H2,1-2H3,(H,21,22). The van der Waals surface area contributed by atoms with E-state index in [2.05, 4.69) is 29.7 Å². The minimum absolute atomic E-state index is 0.204. The van der Waals surface area contributed by atoms with E-state index in [9.17, 15) is 4.79 Å². The van der Waals surface area contributed by atoms with Gasteiger partial charge in [0, 0.05) is 18.5 Å². The molecule has 2 atom stereocenters. The van der Waals surface area contributed by atoms with Crippen molar-refractivity contribution in [3.63, 3.8) is 0 Å². The van der Waals surface area contributed by atoms with Gasteiger partial charge in [-0.2, -0.15) is 0 Å². The third kappa shape index (κ3) is 6.22. The number of carbonyl (C=O) groups is 1. The maximum absolute atomic E-state index is 12.0. The minimum Gasteiger partial charge on any atom is -0.497 e. The first-order chi connectivity index (χ1) is 11.2. The number of benzene rings is 1. The maximum atomic E-state index is 12.0. The van der Waals surface area contributed by atoms with E-state index < -0.39 is 0 Å². The van der Waals surface area contributed by atoms with Crippen molar-refractivity contribution in [2.45, 2.75) is 64.0 Å². The van der Waals surface area contributed by atoms with Gasteiger partial charge in [0.25, 0.3) is 0 Å². The number of hydrogen-bond acceptors (Lipinski definition) is 3. The van der Waals surface area contributed by atoms with Crippen LogP contribution in [0.5, 0.6) is 5.75 Å². The van der Waals surface area contributed by atoms with Gasteiger partial charge in [0.2, 0.25) is 5.91 Å². The number of rotatable bonds is 8. The van der Waals surface area contributed by atoms with Crippen molar-refractivity contribution in [3.05, 3.63) is 29.8 Å². The molecule has 1 aliphatic heterocycles. The molecule has 4 nitrogen and oxygen atoms in total. The van der Waals surface area contributed by atoms with Crippen LogP contribution >= 0.6 is 0 Å². The van der Waals surface area contributed by atoms with Gasteiger partial charge in [-0.15, -0.1) is 0 Å². The predicted octanol–water partition coefficient (Wildman–Crippen LogP) is 3.05. The SMILES string of the molecule is COc1ccc(CCCCCC(=O)NC2CCCNC2C)cc1. The topological polar surface area (TPSA) is 50.4 Å². The van der Waals surface area contributed by atoms with Gasteiger partial charge in [0.1, 0.15) is 5.75 Å². The smallest absolute Gasteiger partial charge is 0.220 e. The zero-order valence-electron chi connectivity index (χ0n) is 14.4. The van der Waals surface area contributed by atoms with E-state index in [1.54, 1.807) is 7.11 Å². The van der Waals surface area contributed by atoms with Crippen LogP contribution in [0.15, 0.2) is 24.3 Å². The molecule has 4 heteroatoms. The molecule has 1 amide bonds. The Morgan fingerprint density at radius 2 is 2.04 bits per heavy atom. The van der Waals surface area contributed by atoms with Crippen molar-refractivity contribution in [3.8, 4) is 5.75 Å². The lowest BCUT2D eigenvalue weighted by Gasteiger charge is -2.30. The third-order valence-corrected chi connectivity index (χ3v) is 4.64. The van der Waals surface area contributed by atoms with Crippen molar-refractivity contribution < 1.29 is 9.53 Å². The summed E-state index contributed by atoms with van der Waals surface area (Å²) in [7, 11) is 1.68. The molecule has 1 aromatic carbocycles. The largest absolute Gasteiger partial charge is 0.497 e. The molecule has 0 saturated carbocycles. The maximum Gasteiger partial charge on any atom is 0.220 e. The second-order valence-corrected chi connectivity index (χ2v) is 6.47. The zero-order valence-corrected chi connectivity index (χ0v) is 14.4. The van der Waals surface area contributed by atoms with Crippen molar-refractivity contribution >= 4 is 5.91 Å². The van der Waals surface area contributed by atoms with E-state index >= 15 is 0 Å². The molecule has 0 spiro atoms. The number of methoxy groups -OCH3 is 1. The van der Waals surface area contributed by atoms with Crippen LogP contribution in [0.1, 0.15) is 51.0 Å². The summed E-state index contributed by atoms with van der Waals surface area (Å²) in [5.41, 5.74) is 1.33. The predicted molar refractivity (Wildman–Crippen MR) is 93.8 cm³/mol. The molecule has 0 aliphatic carbocycles. The lowest BCUT2D eigenvalue weighted by molar-refractivity contribution is -0.122. The summed E-state index contributed by atoms with van der Waals surface area (Å²) in [5, 5.41) is 6.59. The number of carbonyl (C=O) groups excluding carboxylic acids is 1. The molecule has 23 heavy (non-hydrogen) atoms. The van der Waals surface area contributed by atoms with Crippen molar-refractivity contribution in [2.75, 3.05) is 13.7 Å². The molecule has 0 radical (unpaired) electrons. The van der Waals surface area contributed by atoms with Gasteiger partial charge in [0.15, 0.2) is 0 Å². The summed E-state index contributed by atoms with van der Waals surface area (Å²) in [6.45, 7) is 3.22. The van der Waals surface area contributed by atoms with Crippen LogP contribution in [-0.2, 0) is 11.2 Å². The van der Waals surface area contributed by atoms with Gasteiger partial charge in [-0.25, -0.2) is 0 Å². The molecular formula is C19H30N2O2. The lowest BCUT2D eigenvalue weighted by atomic mass is 9.99. The molecule has 0 bridgehead atoms. The van der Waals surface area contributed by atoms with Gasteiger partial charge in [0.05, 0.1) is 7.11 Å². The first kappa shape index (κ1) is 17.8. The molecule has 1 saturated heterocycles. The third-order valence-electron chi connectivity index (χ3n) is 4.64. The molecule has 2 N–H and O–H groups in total. The van der Waals surface area contributed by atoms with Gasteiger partial charge < -0.3 is 15.4 Å². The van der Waals surface area contributed by atoms with Crippen LogP contribution in [0.4, 0.5) is 0 Å². The van der Waals surface area contributed by atoms with Gasteiger partial charge >= 0.3 is 0 Å². The van der Waals surface area contributed by atoms with E-state index in [0.717, 1.165) is 50.8 Å². The molecule has 1 heterocycles. The number of amides is 1. The summed E-state index contributed by atoms with van der Waals surface area (Å²) in [6, 6.07) is 8.93. The lowest BCUT2D eigenvalue weighted by Crippen LogP contribution is -2.51. The fraction of sp³-hybridized carbons (Fsp3) is 0.632. The Labute approximate surface area is 140 Å². The Hall–Kier alpha value is -1.55. The average molecular weight is 318 g/mol. The number of ether oxygens (including phenoxy) is 1. The highest BCUT2D eigenvalue weighted by Gasteiger charge is 2.21. The van der Waals surface area contributed by atoms with Crippen LogP contribution in [0, 0.1) is 0 Å². The molecule has 2 unspecified atom stereocenters. The highest BCUT2D eigenvalue weighted by Crippen LogP contribution is 2.14. The van der Waals surface area contributed by atoms with E-state index in [4.69, 9.17) is 4.74 Å². The van der Waals surface area contributed by atoms with Crippen molar-refractivity contribution in [1.29, 1.82) is 0 Å². The summed E-state index contributed by atoms with van der Waals surface area (Å²) in [6.07, 6.45) is 7.14. The Morgan fingerprint density at radius 3 is 2.74 bits per heavy atom. The highest BCUT2D eigenvalue weighted by molar-refractivity contribution is 5.76. The average Bonchev–Trinajstić information content (AvgIpc) is 2.57. The Bertz CT molecular complexity index is 473. The van der Waals surface area contributed by atoms with E-state index in [0.29, 0.717) is 18.5 Å². The van der Waals surface area contributed by atoms with Gasteiger partial charge in [-0.3, -0.25) is 4.79 Å². The molecule has 0 aromatic heterocycles. The first-order valence-electron chi connectivity index (χ1n) is 8.84. The quantitative estimate of drug-likeness (QED) is 0.724. The number of nitrogens with one attached hydrogen (secondary N) is 2. The summed E-state index contributed by atoms with van der Waals surface area (Å²) >= 11 is 0. The molecule has 128 valence electrons. The van der Waals surface area contributed by atoms with Crippen LogP contribution in [0.2, 0.25) is 0 Å². The monoisotopic (exact) mass is 318 g/mol. The second-order valence-electron chi connectivity index (χ2n) is 6.47. The van der Waals surface area contributed by atoms with Crippen molar-refractivity contribution in [2.24, 2.45) is 0 Å². The first-order valence-corrected chi connectivity index (χ1v) is 8.84.